The van der Waals surface area contributed by atoms with Gasteiger partial charge in [0.05, 0.1) is 24.9 Å². The van der Waals surface area contributed by atoms with Crippen molar-refractivity contribution in [2.75, 3.05) is 23.4 Å². The van der Waals surface area contributed by atoms with Crippen LogP contribution in [0.3, 0.4) is 0 Å². The number of benzene rings is 2. The Balaban J connectivity index is 1.39. The maximum atomic E-state index is 11.8. The van der Waals surface area contributed by atoms with E-state index in [1.165, 1.54) is 4.90 Å². The molecular formula is C27H27N7O3. The fourth-order valence-corrected chi connectivity index (χ4v) is 5.19. The molecule has 2 aliphatic heterocycles. The van der Waals surface area contributed by atoms with Gasteiger partial charge in [-0.05, 0) is 49.2 Å². The Morgan fingerprint density at radius 3 is 2.68 bits per heavy atom. The van der Waals surface area contributed by atoms with Crippen LogP contribution in [-0.2, 0) is 19.4 Å². The Morgan fingerprint density at radius 2 is 1.95 bits per heavy atom. The molecule has 1 amide bonds. The van der Waals surface area contributed by atoms with E-state index in [2.05, 4.69) is 16.4 Å². The highest BCUT2D eigenvalue weighted by molar-refractivity contribution is 5.74. The minimum absolute atomic E-state index is 0.0476. The molecular weight excluding hydrogens is 470 g/mol. The number of fused-ring (bicyclic) bond motifs is 2. The summed E-state index contributed by atoms with van der Waals surface area (Å²) in [6.07, 6.45) is 3.90. The molecule has 1 atom stereocenters. The second-order valence-electron chi connectivity index (χ2n) is 9.31. The Morgan fingerprint density at radius 1 is 1.14 bits per heavy atom. The van der Waals surface area contributed by atoms with Gasteiger partial charge in [-0.2, -0.15) is 4.98 Å². The van der Waals surface area contributed by atoms with Crippen LogP contribution in [0.25, 0.3) is 5.69 Å². The molecule has 0 saturated carbocycles. The first-order valence-electron chi connectivity index (χ1n) is 12.2. The number of hydrogen-bond donors (Lipinski definition) is 3. The molecule has 10 nitrogen and oxygen atoms in total. The average Bonchev–Trinajstić information content (AvgIpc) is 3.51. The van der Waals surface area contributed by atoms with E-state index in [-0.39, 0.29) is 19.2 Å². The molecule has 2 aromatic carbocycles. The zero-order valence-corrected chi connectivity index (χ0v) is 20.4. The molecule has 6 rings (SSSR count). The summed E-state index contributed by atoms with van der Waals surface area (Å²) >= 11 is 0. The van der Waals surface area contributed by atoms with Gasteiger partial charge in [0.1, 0.15) is 11.6 Å². The fraction of sp³-hybridized carbons (Fsp3) is 0.259. The number of nitrogens with zero attached hydrogens (tertiary/aromatic N) is 6. The number of imidazole rings is 1. The van der Waals surface area contributed by atoms with E-state index in [4.69, 9.17) is 9.97 Å². The van der Waals surface area contributed by atoms with Gasteiger partial charge in [-0.25, -0.2) is 14.8 Å². The van der Waals surface area contributed by atoms with Crippen molar-refractivity contribution in [1.29, 1.82) is 0 Å². The van der Waals surface area contributed by atoms with E-state index in [1.54, 1.807) is 6.20 Å². The Bertz CT molecular complexity index is 1470. The van der Waals surface area contributed by atoms with E-state index >= 15 is 0 Å². The van der Waals surface area contributed by atoms with Gasteiger partial charge in [0.25, 0.3) is 0 Å². The van der Waals surface area contributed by atoms with E-state index in [9.17, 15) is 15.0 Å². The number of para-hydroxylation sites is 1. The molecule has 37 heavy (non-hydrogen) atoms. The van der Waals surface area contributed by atoms with E-state index in [0.29, 0.717) is 31.2 Å². The maximum Gasteiger partial charge on any atom is 0.407 e. The van der Waals surface area contributed by atoms with Crippen LogP contribution in [0.15, 0.2) is 60.9 Å². The van der Waals surface area contributed by atoms with Gasteiger partial charge in [0, 0.05) is 48.0 Å². The number of aliphatic hydroxyl groups is 1. The maximum absolute atomic E-state index is 11.8. The number of aromatic nitrogens is 4. The predicted octanol–water partition coefficient (Wildman–Crippen LogP) is 3.81. The van der Waals surface area contributed by atoms with Crippen molar-refractivity contribution in [1.82, 2.24) is 24.4 Å². The van der Waals surface area contributed by atoms with Gasteiger partial charge >= 0.3 is 6.09 Å². The zero-order valence-electron chi connectivity index (χ0n) is 20.4. The van der Waals surface area contributed by atoms with Gasteiger partial charge in [-0.1, -0.05) is 18.2 Å². The molecule has 1 unspecified atom stereocenters. The lowest BCUT2D eigenvalue weighted by Crippen LogP contribution is -2.38. The molecule has 188 valence electrons. The molecule has 2 aromatic heterocycles. The molecule has 0 bridgehead atoms. The first-order valence-corrected chi connectivity index (χ1v) is 12.2. The Kier molecular flexibility index (Phi) is 5.72. The number of nitrogens with one attached hydrogen (secondary N) is 1. The van der Waals surface area contributed by atoms with E-state index in [0.717, 1.165) is 39.7 Å². The van der Waals surface area contributed by atoms with Crippen LogP contribution in [-0.4, -0.2) is 59.9 Å². The first-order chi connectivity index (χ1) is 18.0. The van der Waals surface area contributed by atoms with Gasteiger partial charge in [-0.3, -0.25) is 0 Å². The van der Waals surface area contributed by atoms with Crippen LogP contribution in [0.4, 0.5) is 27.9 Å². The van der Waals surface area contributed by atoms with Crippen molar-refractivity contribution in [3.63, 3.8) is 0 Å². The van der Waals surface area contributed by atoms with Crippen molar-refractivity contribution in [3.8, 4) is 5.69 Å². The summed E-state index contributed by atoms with van der Waals surface area (Å²) in [7, 11) is 0. The summed E-state index contributed by atoms with van der Waals surface area (Å²) in [5, 5.41) is 23.2. The topological polar surface area (TPSA) is 120 Å². The Labute approximate surface area is 213 Å². The lowest BCUT2D eigenvalue weighted by Gasteiger charge is -2.32. The second-order valence-corrected chi connectivity index (χ2v) is 9.31. The molecule has 4 aromatic rings. The normalized spacial score (nSPS) is 16.4. The summed E-state index contributed by atoms with van der Waals surface area (Å²) in [6.45, 7) is 2.48. The van der Waals surface area contributed by atoms with Crippen LogP contribution in [0.5, 0.6) is 0 Å². The molecule has 0 fully saturated rings. The fourth-order valence-electron chi connectivity index (χ4n) is 5.19. The highest BCUT2D eigenvalue weighted by Gasteiger charge is 2.35. The first kappa shape index (κ1) is 23.0. The highest BCUT2D eigenvalue weighted by atomic mass is 16.4. The number of amides is 1. The van der Waals surface area contributed by atoms with Crippen molar-refractivity contribution in [2.45, 2.75) is 32.4 Å². The van der Waals surface area contributed by atoms with Crippen molar-refractivity contribution in [3.05, 3.63) is 83.6 Å². The number of aryl methyl sites for hydroxylation is 1. The SMILES string of the molecule is Cc1nccn1-c1ccc(Nc2nc3c(c(N4c5ccccc5CC4CO)n2)CN(C(=O)O)CC3)cc1. The summed E-state index contributed by atoms with van der Waals surface area (Å²) in [5.41, 5.74) is 5.52. The Hall–Kier alpha value is -4.44. The third-order valence-corrected chi connectivity index (χ3v) is 7.05. The van der Waals surface area contributed by atoms with Gasteiger partial charge in [0.15, 0.2) is 0 Å². The number of rotatable bonds is 5. The van der Waals surface area contributed by atoms with Gasteiger partial charge in [0.2, 0.25) is 5.95 Å². The number of aliphatic hydroxyl groups excluding tert-OH is 1. The molecule has 10 heteroatoms. The molecule has 4 heterocycles. The minimum atomic E-state index is -0.965. The van der Waals surface area contributed by atoms with Crippen LogP contribution < -0.4 is 10.2 Å². The molecule has 3 N–H and O–H groups in total. The van der Waals surface area contributed by atoms with Crippen LogP contribution in [0.2, 0.25) is 0 Å². The average molecular weight is 498 g/mol. The van der Waals surface area contributed by atoms with E-state index in [1.807, 2.05) is 65.1 Å². The minimum Gasteiger partial charge on any atom is -0.465 e. The smallest absolute Gasteiger partial charge is 0.407 e. The molecule has 2 aliphatic rings. The van der Waals surface area contributed by atoms with E-state index < -0.39 is 6.09 Å². The highest BCUT2D eigenvalue weighted by Crippen LogP contribution is 2.41. The third kappa shape index (κ3) is 4.15. The van der Waals surface area contributed by atoms with Gasteiger partial charge in [-0.15, -0.1) is 0 Å². The van der Waals surface area contributed by atoms with Gasteiger partial charge < -0.3 is 29.9 Å². The lowest BCUT2D eigenvalue weighted by molar-refractivity contribution is 0.139. The zero-order chi connectivity index (χ0) is 25.5. The standard InChI is InChI=1S/C27H27N7O3/c1-17-28-11-13-33(17)20-8-6-19(7-9-20)29-26-30-23-10-12-32(27(36)37)15-22(23)25(31-26)34-21(16-35)14-18-4-2-3-5-24(18)34/h2-9,11,13,21,35H,10,12,14-16H2,1H3,(H,36,37)(H,29,30,31). The number of hydrogen-bond acceptors (Lipinski definition) is 7. The van der Waals surface area contributed by atoms with Crippen molar-refractivity contribution >= 4 is 29.2 Å². The molecule has 0 saturated heterocycles. The summed E-state index contributed by atoms with van der Waals surface area (Å²) in [4.78, 5) is 29.2. The predicted molar refractivity (Wildman–Crippen MR) is 139 cm³/mol. The van der Waals surface area contributed by atoms with Crippen LogP contribution in [0.1, 0.15) is 22.6 Å². The third-order valence-electron chi connectivity index (χ3n) is 7.05. The lowest BCUT2D eigenvalue weighted by atomic mass is 10.1. The van der Waals surface area contributed by atoms with Crippen LogP contribution >= 0.6 is 0 Å². The van der Waals surface area contributed by atoms with Crippen molar-refractivity contribution < 1.29 is 15.0 Å². The molecule has 0 spiro atoms. The summed E-state index contributed by atoms with van der Waals surface area (Å²) in [6, 6.07) is 15.8. The quantitative estimate of drug-likeness (QED) is 0.381. The number of carboxylic acid groups (broad SMARTS) is 1. The monoisotopic (exact) mass is 497 g/mol. The largest absolute Gasteiger partial charge is 0.465 e. The number of anilines is 4. The van der Waals surface area contributed by atoms with Crippen molar-refractivity contribution in [2.24, 2.45) is 0 Å². The summed E-state index contributed by atoms with van der Waals surface area (Å²) < 4.78 is 2.01. The second kappa shape index (κ2) is 9.21. The number of carbonyl (C=O) groups is 1. The molecule has 0 radical (unpaired) electrons. The molecule has 0 aliphatic carbocycles. The van der Waals surface area contributed by atoms with Crippen LogP contribution in [0, 0.1) is 6.92 Å². The summed E-state index contributed by atoms with van der Waals surface area (Å²) in [5.74, 6) is 1.97.